The van der Waals surface area contributed by atoms with E-state index in [9.17, 15) is 0 Å². The zero-order valence-corrected chi connectivity index (χ0v) is 18.8. The van der Waals surface area contributed by atoms with Gasteiger partial charge >= 0.3 is 0 Å². The second kappa shape index (κ2) is 8.60. The van der Waals surface area contributed by atoms with Crippen LogP contribution in [-0.4, -0.2) is 39.8 Å². The smallest absolute Gasteiger partial charge is 0.130 e. The summed E-state index contributed by atoms with van der Waals surface area (Å²) >= 11 is 0. The molecule has 2 aromatic carbocycles. The Labute approximate surface area is 189 Å². The van der Waals surface area contributed by atoms with Crippen LogP contribution in [0.4, 0.5) is 5.82 Å². The van der Waals surface area contributed by atoms with Crippen molar-refractivity contribution >= 4 is 22.3 Å². The number of nitrogens with zero attached hydrogens (tertiary/aromatic N) is 4. The van der Waals surface area contributed by atoms with E-state index in [-0.39, 0.29) is 0 Å². The molecule has 0 atom stereocenters. The molecule has 162 valence electrons. The molecular weight excluding hydrogens is 394 g/mol. The SMILES string of the molecule is C=C(Nc1cc2cc(-c3cnn(C)c3)ccc2cn1)c1cccc(C2CCN(C)CC2)c1. The largest absolute Gasteiger partial charge is 0.340 e. The molecule has 1 N–H and O–H groups in total. The molecule has 1 fully saturated rings. The molecule has 0 saturated carbocycles. The van der Waals surface area contributed by atoms with Crippen molar-refractivity contribution in [2.75, 3.05) is 25.5 Å². The minimum absolute atomic E-state index is 0.628. The van der Waals surface area contributed by atoms with Crippen LogP contribution in [0.5, 0.6) is 0 Å². The first-order valence-corrected chi connectivity index (χ1v) is 11.2. The van der Waals surface area contributed by atoms with Gasteiger partial charge in [-0.15, -0.1) is 0 Å². The standard InChI is InChI=1S/C27H29N5/c1-19(21-5-4-6-22(13-21)20-9-11-31(2)12-10-20)30-27-15-25-14-23(7-8-24(25)16-28-27)26-17-29-32(3)18-26/h4-8,13-18,20H,1,9-12H2,2-3H3,(H,28,30). The molecule has 2 aromatic heterocycles. The van der Waals surface area contributed by atoms with Crippen LogP contribution in [0.3, 0.4) is 0 Å². The summed E-state index contributed by atoms with van der Waals surface area (Å²) < 4.78 is 1.82. The third-order valence-electron chi connectivity index (χ3n) is 6.46. The lowest BCUT2D eigenvalue weighted by Crippen LogP contribution is -2.29. The van der Waals surface area contributed by atoms with Crippen LogP contribution in [0.1, 0.15) is 29.9 Å². The molecule has 5 rings (SSSR count). The van der Waals surface area contributed by atoms with Gasteiger partial charge in [0.25, 0.3) is 0 Å². The van der Waals surface area contributed by atoms with Crippen molar-refractivity contribution in [3.05, 3.63) is 84.8 Å². The predicted molar refractivity (Wildman–Crippen MR) is 133 cm³/mol. The molecule has 3 heterocycles. The van der Waals surface area contributed by atoms with Crippen molar-refractivity contribution in [2.24, 2.45) is 7.05 Å². The highest BCUT2D eigenvalue weighted by molar-refractivity contribution is 5.89. The first-order chi connectivity index (χ1) is 15.5. The molecule has 0 amide bonds. The van der Waals surface area contributed by atoms with E-state index in [1.54, 1.807) is 0 Å². The van der Waals surface area contributed by atoms with Gasteiger partial charge in [-0.25, -0.2) is 4.98 Å². The topological polar surface area (TPSA) is 46.0 Å². The zero-order valence-electron chi connectivity index (χ0n) is 18.8. The summed E-state index contributed by atoms with van der Waals surface area (Å²) in [5.74, 6) is 1.43. The summed E-state index contributed by atoms with van der Waals surface area (Å²) in [7, 11) is 4.14. The Bertz CT molecular complexity index is 1260. The molecular formula is C27H29N5. The van der Waals surface area contributed by atoms with Crippen LogP contribution in [0.15, 0.2) is 73.7 Å². The van der Waals surface area contributed by atoms with E-state index in [1.807, 2.05) is 30.3 Å². The van der Waals surface area contributed by atoms with Crippen molar-refractivity contribution in [1.29, 1.82) is 0 Å². The lowest BCUT2D eigenvalue weighted by Gasteiger charge is -2.29. The Balaban J connectivity index is 1.36. The maximum atomic E-state index is 4.61. The van der Waals surface area contributed by atoms with Gasteiger partial charge in [0, 0.05) is 36.1 Å². The van der Waals surface area contributed by atoms with Gasteiger partial charge in [0.2, 0.25) is 0 Å². The minimum atomic E-state index is 0.628. The molecule has 5 heteroatoms. The summed E-state index contributed by atoms with van der Waals surface area (Å²) in [6.07, 6.45) is 8.25. The molecule has 4 aromatic rings. The third kappa shape index (κ3) is 4.30. The number of aromatic nitrogens is 3. The van der Waals surface area contributed by atoms with Crippen molar-refractivity contribution < 1.29 is 0 Å². The second-order valence-corrected chi connectivity index (χ2v) is 8.84. The van der Waals surface area contributed by atoms with E-state index in [4.69, 9.17) is 0 Å². The van der Waals surface area contributed by atoms with Gasteiger partial charge in [0.05, 0.1) is 6.20 Å². The third-order valence-corrected chi connectivity index (χ3v) is 6.46. The van der Waals surface area contributed by atoms with Gasteiger partial charge in [-0.05, 0) is 79.2 Å². The summed E-state index contributed by atoms with van der Waals surface area (Å²) in [4.78, 5) is 7.01. The van der Waals surface area contributed by atoms with Crippen LogP contribution in [0.25, 0.3) is 27.6 Å². The van der Waals surface area contributed by atoms with Crippen LogP contribution in [0, 0.1) is 0 Å². The van der Waals surface area contributed by atoms with Gasteiger partial charge in [-0.2, -0.15) is 5.10 Å². The van der Waals surface area contributed by atoms with Gasteiger partial charge < -0.3 is 10.2 Å². The Morgan fingerprint density at radius 3 is 2.59 bits per heavy atom. The van der Waals surface area contributed by atoms with Gasteiger partial charge in [0.15, 0.2) is 0 Å². The normalized spacial score (nSPS) is 15.2. The fourth-order valence-corrected chi connectivity index (χ4v) is 4.51. The van der Waals surface area contributed by atoms with Crippen LogP contribution < -0.4 is 5.32 Å². The van der Waals surface area contributed by atoms with E-state index in [0.29, 0.717) is 5.92 Å². The molecule has 1 saturated heterocycles. The molecule has 0 bridgehead atoms. The molecule has 5 nitrogen and oxygen atoms in total. The minimum Gasteiger partial charge on any atom is -0.340 e. The molecule has 0 spiro atoms. The number of rotatable bonds is 5. The van der Waals surface area contributed by atoms with E-state index in [0.717, 1.165) is 52.1 Å². The van der Waals surface area contributed by atoms with Crippen molar-refractivity contribution in [3.8, 4) is 11.1 Å². The molecule has 32 heavy (non-hydrogen) atoms. The highest BCUT2D eigenvalue weighted by atomic mass is 15.2. The van der Waals surface area contributed by atoms with Crippen molar-refractivity contribution in [1.82, 2.24) is 19.7 Å². The fourth-order valence-electron chi connectivity index (χ4n) is 4.51. The average Bonchev–Trinajstić information content (AvgIpc) is 3.25. The van der Waals surface area contributed by atoms with E-state index < -0.39 is 0 Å². The Morgan fingerprint density at radius 2 is 1.81 bits per heavy atom. The number of benzene rings is 2. The van der Waals surface area contributed by atoms with Crippen molar-refractivity contribution in [3.63, 3.8) is 0 Å². The number of pyridine rings is 1. The molecule has 0 unspecified atom stereocenters. The van der Waals surface area contributed by atoms with Gasteiger partial charge in [-0.3, -0.25) is 4.68 Å². The number of anilines is 1. The average molecular weight is 424 g/mol. The summed E-state index contributed by atoms with van der Waals surface area (Å²) in [6.45, 7) is 6.62. The van der Waals surface area contributed by atoms with Crippen LogP contribution in [0.2, 0.25) is 0 Å². The first kappa shape index (κ1) is 20.5. The summed E-state index contributed by atoms with van der Waals surface area (Å²) in [5, 5.41) is 9.95. The van der Waals surface area contributed by atoms with Crippen LogP contribution in [-0.2, 0) is 7.05 Å². The van der Waals surface area contributed by atoms with Gasteiger partial charge in [0.1, 0.15) is 5.82 Å². The van der Waals surface area contributed by atoms with E-state index in [1.165, 1.54) is 18.4 Å². The number of aryl methyl sites for hydroxylation is 1. The Morgan fingerprint density at radius 1 is 0.969 bits per heavy atom. The molecule has 1 aliphatic rings. The molecule has 1 aliphatic heterocycles. The predicted octanol–water partition coefficient (Wildman–Crippen LogP) is 5.53. The lowest BCUT2D eigenvalue weighted by molar-refractivity contribution is 0.255. The summed E-state index contributed by atoms with van der Waals surface area (Å²) in [5.41, 5.74) is 5.65. The monoisotopic (exact) mass is 423 g/mol. The number of nitrogens with one attached hydrogen (secondary N) is 1. The second-order valence-electron chi connectivity index (χ2n) is 8.84. The van der Waals surface area contributed by atoms with Crippen LogP contribution >= 0.6 is 0 Å². The first-order valence-electron chi connectivity index (χ1n) is 11.2. The summed E-state index contributed by atoms with van der Waals surface area (Å²) in [6, 6.07) is 17.3. The maximum Gasteiger partial charge on any atom is 0.130 e. The Hall–Kier alpha value is -3.44. The Kier molecular flexibility index (Phi) is 5.50. The number of hydrogen-bond acceptors (Lipinski definition) is 4. The zero-order chi connectivity index (χ0) is 22.1. The van der Waals surface area contributed by atoms with Gasteiger partial charge in [-0.1, -0.05) is 36.9 Å². The maximum absolute atomic E-state index is 4.61. The molecule has 0 aliphatic carbocycles. The van der Waals surface area contributed by atoms with E-state index >= 15 is 0 Å². The number of fused-ring (bicyclic) bond motifs is 1. The number of hydrogen-bond donors (Lipinski definition) is 1. The number of likely N-dealkylation sites (tertiary alicyclic amines) is 1. The van der Waals surface area contributed by atoms with E-state index in [2.05, 4.69) is 82.5 Å². The number of piperidine rings is 1. The fraction of sp³-hybridized carbons (Fsp3) is 0.259. The highest BCUT2D eigenvalue weighted by Crippen LogP contribution is 2.30. The molecule has 0 radical (unpaired) electrons. The lowest BCUT2D eigenvalue weighted by atomic mass is 9.88. The van der Waals surface area contributed by atoms with Crippen molar-refractivity contribution in [2.45, 2.75) is 18.8 Å². The quantitative estimate of drug-likeness (QED) is 0.459. The highest BCUT2D eigenvalue weighted by Gasteiger charge is 2.18.